The van der Waals surface area contributed by atoms with Gasteiger partial charge >= 0.3 is 6.09 Å². The third-order valence-corrected chi connectivity index (χ3v) is 2.21. The number of methoxy groups -OCH3 is 1. The van der Waals surface area contributed by atoms with Crippen LogP contribution in [-0.2, 0) is 9.53 Å². The van der Waals surface area contributed by atoms with E-state index in [2.05, 4.69) is 4.74 Å². The van der Waals surface area contributed by atoms with Gasteiger partial charge in [-0.05, 0) is 12.2 Å². The van der Waals surface area contributed by atoms with Gasteiger partial charge in [-0.1, -0.05) is 0 Å². The van der Waals surface area contributed by atoms with E-state index in [1.807, 2.05) is 6.07 Å². The van der Waals surface area contributed by atoms with Crippen LogP contribution < -0.4 is 0 Å². The summed E-state index contributed by atoms with van der Waals surface area (Å²) < 4.78 is 4.54. The van der Waals surface area contributed by atoms with E-state index >= 15 is 0 Å². The van der Waals surface area contributed by atoms with Gasteiger partial charge in [0.05, 0.1) is 18.8 Å². The number of nitriles is 1. The second-order valence-electron chi connectivity index (χ2n) is 3.59. The summed E-state index contributed by atoms with van der Waals surface area (Å²) in [4.78, 5) is 25.6. The normalized spacial score (nSPS) is 18.1. The van der Waals surface area contributed by atoms with Crippen molar-refractivity contribution < 1.29 is 14.3 Å². The van der Waals surface area contributed by atoms with Crippen molar-refractivity contribution in [2.24, 2.45) is 0 Å². The Morgan fingerprint density at radius 3 is 2.65 bits per heavy atom. The summed E-state index contributed by atoms with van der Waals surface area (Å²) in [6.07, 6.45) is 3.65. The SMILES string of the molecule is COC(=O)N1C=C(C(=O)N(C)C)C=C[C@H]1C#N. The first-order valence-corrected chi connectivity index (χ1v) is 4.88. The van der Waals surface area contributed by atoms with Crippen molar-refractivity contribution in [2.45, 2.75) is 6.04 Å². The summed E-state index contributed by atoms with van der Waals surface area (Å²) in [6, 6.07) is 1.18. The molecule has 0 aromatic rings. The van der Waals surface area contributed by atoms with Gasteiger partial charge in [0.25, 0.3) is 5.91 Å². The van der Waals surface area contributed by atoms with Gasteiger partial charge in [-0.25, -0.2) is 4.79 Å². The van der Waals surface area contributed by atoms with Crippen LogP contribution in [0.3, 0.4) is 0 Å². The molecule has 0 aromatic carbocycles. The topological polar surface area (TPSA) is 73.6 Å². The van der Waals surface area contributed by atoms with Crippen LogP contribution in [0.1, 0.15) is 0 Å². The maximum absolute atomic E-state index is 11.7. The summed E-state index contributed by atoms with van der Waals surface area (Å²) in [5.74, 6) is -0.244. The van der Waals surface area contributed by atoms with E-state index in [9.17, 15) is 9.59 Å². The summed E-state index contributed by atoms with van der Waals surface area (Å²) in [5, 5.41) is 8.86. The fourth-order valence-electron chi connectivity index (χ4n) is 1.32. The Labute approximate surface area is 99.4 Å². The Kier molecular flexibility index (Phi) is 3.88. The van der Waals surface area contributed by atoms with Crippen molar-refractivity contribution in [2.75, 3.05) is 21.2 Å². The zero-order chi connectivity index (χ0) is 13.0. The molecule has 1 atom stereocenters. The van der Waals surface area contributed by atoms with E-state index in [1.165, 1.54) is 30.4 Å². The molecule has 6 heteroatoms. The molecule has 0 radical (unpaired) electrons. The molecule has 0 spiro atoms. The molecular formula is C11H13N3O3. The van der Waals surface area contributed by atoms with Crippen molar-refractivity contribution in [3.8, 4) is 6.07 Å². The van der Waals surface area contributed by atoms with E-state index in [1.54, 1.807) is 14.1 Å². The molecule has 6 nitrogen and oxygen atoms in total. The highest BCUT2D eigenvalue weighted by molar-refractivity contribution is 5.96. The highest BCUT2D eigenvalue weighted by atomic mass is 16.5. The van der Waals surface area contributed by atoms with Crippen LogP contribution in [0.25, 0.3) is 0 Å². The molecule has 0 unspecified atom stereocenters. The number of hydrogen-bond donors (Lipinski definition) is 0. The highest BCUT2D eigenvalue weighted by Crippen LogP contribution is 2.15. The molecule has 0 aliphatic carbocycles. The fourth-order valence-corrected chi connectivity index (χ4v) is 1.32. The van der Waals surface area contributed by atoms with Crippen molar-refractivity contribution >= 4 is 12.0 Å². The van der Waals surface area contributed by atoms with Gasteiger partial charge < -0.3 is 9.64 Å². The summed E-state index contributed by atoms with van der Waals surface area (Å²) in [6.45, 7) is 0. The van der Waals surface area contributed by atoms with Crippen LogP contribution >= 0.6 is 0 Å². The molecule has 2 amide bonds. The molecule has 0 aromatic heterocycles. The molecule has 90 valence electrons. The first-order valence-electron chi connectivity index (χ1n) is 4.88. The molecule has 0 saturated carbocycles. The van der Waals surface area contributed by atoms with E-state index < -0.39 is 12.1 Å². The van der Waals surface area contributed by atoms with Gasteiger partial charge in [0.15, 0.2) is 0 Å². The number of amides is 2. The molecule has 1 aliphatic heterocycles. The van der Waals surface area contributed by atoms with Crippen LogP contribution in [0.15, 0.2) is 23.9 Å². The largest absolute Gasteiger partial charge is 0.452 e. The van der Waals surface area contributed by atoms with E-state index in [0.717, 1.165) is 4.90 Å². The van der Waals surface area contributed by atoms with Crippen LogP contribution in [0.4, 0.5) is 4.79 Å². The quantitative estimate of drug-likeness (QED) is 0.663. The Morgan fingerprint density at radius 1 is 1.53 bits per heavy atom. The van der Waals surface area contributed by atoms with Crippen molar-refractivity contribution in [3.05, 3.63) is 23.9 Å². The number of ether oxygens (including phenoxy) is 1. The maximum Gasteiger partial charge on any atom is 0.414 e. The van der Waals surface area contributed by atoms with Gasteiger partial charge in [-0.15, -0.1) is 0 Å². The average molecular weight is 235 g/mol. The number of likely N-dealkylation sites (N-methyl/N-ethyl adjacent to an activating group) is 1. The van der Waals surface area contributed by atoms with Crippen LogP contribution in [-0.4, -0.2) is 49.0 Å². The van der Waals surface area contributed by atoms with Gasteiger partial charge in [-0.2, -0.15) is 5.26 Å². The molecule has 0 N–H and O–H groups in total. The molecule has 1 aliphatic rings. The number of nitrogens with zero attached hydrogens (tertiary/aromatic N) is 3. The Balaban J connectivity index is 3.02. The number of carbonyl (C=O) groups is 2. The predicted octanol–water partition coefficient (Wildman–Crippen LogP) is 0.489. The molecule has 17 heavy (non-hydrogen) atoms. The zero-order valence-electron chi connectivity index (χ0n) is 9.88. The fraction of sp³-hybridized carbons (Fsp3) is 0.364. The predicted molar refractivity (Wildman–Crippen MR) is 59.6 cm³/mol. The molecular weight excluding hydrogens is 222 g/mol. The number of carbonyl (C=O) groups excluding carboxylic acids is 2. The summed E-state index contributed by atoms with van der Waals surface area (Å²) in [5.41, 5.74) is 0.326. The lowest BCUT2D eigenvalue weighted by Crippen LogP contribution is -2.37. The number of rotatable bonds is 1. The first-order chi connectivity index (χ1) is 8.01. The minimum atomic E-state index is -0.749. The minimum absolute atomic E-state index is 0.244. The number of hydrogen-bond acceptors (Lipinski definition) is 4. The lowest BCUT2D eigenvalue weighted by atomic mass is 10.1. The van der Waals surface area contributed by atoms with Crippen molar-refractivity contribution in [1.82, 2.24) is 9.80 Å². The lowest BCUT2D eigenvalue weighted by Gasteiger charge is -2.24. The first kappa shape index (κ1) is 12.8. The summed E-state index contributed by atoms with van der Waals surface area (Å²) >= 11 is 0. The molecule has 0 saturated heterocycles. The molecule has 0 fully saturated rings. The second-order valence-corrected chi connectivity index (χ2v) is 3.59. The third kappa shape index (κ3) is 2.64. The second kappa shape index (κ2) is 5.16. The monoisotopic (exact) mass is 235 g/mol. The van der Waals surface area contributed by atoms with Crippen LogP contribution in [0.5, 0.6) is 0 Å². The molecule has 1 rings (SSSR count). The average Bonchev–Trinajstić information content (AvgIpc) is 2.35. The molecule has 0 bridgehead atoms. The van der Waals surface area contributed by atoms with E-state index in [4.69, 9.17) is 5.26 Å². The van der Waals surface area contributed by atoms with E-state index in [-0.39, 0.29) is 5.91 Å². The smallest absolute Gasteiger partial charge is 0.414 e. The Bertz CT molecular complexity index is 432. The highest BCUT2D eigenvalue weighted by Gasteiger charge is 2.25. The van der Waals surface area contributed by atoms with E-state index in [0.29, 0.717) is 5.57 Å². The standard InChI is InChI=1S/C11H13N3O3/c1-13(2)10(15)8-4-5-9(6-12)14(7-8)11(16)17-3/h4-5,7,9H,1-3H3/t9-/m0/s1. The Hall–Kier alpha value is -2.29. The van der Waals surface area contributed by atoms with Crippen LogP contribution in [0, 0.1) is 11.3 Å². The molecule has 1 heterocycles. The summed E-state index contributed by atoms with van der Waals surface area (Å²) in [7, 11) is 4.43. The van der Waals surface area contributed by atoms with Gasteiger partial charge in [-0.3, -0.25) is 9.69 Å². The Morgan fingerprint density at radius 2 is 2.18 bits per heavy atom. The van der Waals surface area contributed by atoms with Gasteiger partial charge in [0.1, 0.15) is 6.04 Å². The van der Waals surface area contributed by atoms with Gasteiger partial charge in [0, 0.05) is 20.3 Å². The maximum atomic E-state index is 11.7. The van der Waals surface area contributed by atoms with Crippen LogP contribution in [0.2, 0.25) is 0 Å². The third-order valence-electron chi connectivity index (χ3n) is 2.21. The minimum Gasteiger partial charge on any atom is -0.452 e. The lowest BCUT2D eigenvalue weighted by molar-refractivity contribution is -0.124. The van der Waals surface area contributed by atoms with Crippen molar-refractivity contribution in [3.63, 3.8) is 0 Å². The van der Waals surface area contributed by atoms with Crippen molar-refractivity contribution in [1.29, 1.82) is 5.26 Å². The van der Waals surface area contributed by atoms with Gasteiger partial charge in [0.2, 0.25) is 0 Å². The zero-order valence-corrected chi connectivity index (χ0v) is 9.88.